The van der Waals surface area contributed by atoms with Crippen molar-refractivity contribution in [3.63, 3.8) is 0 Å². The van der Waals surface area contributed by atoms with E-state index in [2.05, 4.69) is 4.90 Å². The molecule has 3 aliphatic rings. The lowest BCUT2D eigenvalue weighted by Crippen LogP contribution is -2.53. The third-order valence-corrected chi connectivity index (χ3v) is 5.98. The van der Waals surface area contributed by atoms with Crippen LogP contribution in [0.3, 0.4) is 0 Å². The second-order valence-corrected chi connectivity index (χ2v) is 7.86. The van der Waals surface area contributed by atoms with Gasteiger partial charge in [0.25, 0.3) is 0 Å². The van der Waals surface area contributed by atoms with Gasteiger partial charge in [-0.1, -0.05) is 18.2 Å². The average molecular weight is 371 g/mol. The van der Waals surface area contributed by atoms with E-state index in [4.69, 9.17) is 4.74 Å². The number of piperazine rings is 1. The number of carbonyl (C=O) groups excluding carboxylic acids is 2. The van der Waals surface area contributed by atoms with Crippen LogP contribution in [0.5, 0.6) is 5.75 Å². The van der Waals surface area contributed by atoms with Gasteiger partial charge in [-0.3, -0.25) is 14.5 Å². The summed E-state index contributed by atoms with van der Waals surface area (Å²) in [5, 5.41) is 0. The number of para-hydroxylation sites is 1. The van der Waals surface area contributed by atoms with Crippen LogP contribution >= 0.6 is 0 Å². The average Bonchev–Trinajstić information content (AvgIpc) is 2.74. The zero-order chi connectivity index (χ0) is 18.6. The van der Waals surface area contributed by atoms with Crippen molar-refractivity contribution in [2.75, 3.05) is 52.4 Å². The summed E-state index contributed by atoms with van der Waals surface area (Å²) in [6.45, 7) is 5.70. The molecule has 0 radical (unpaired) electrons. The second-order valence-electron chi connectivity index (χ2n) is 7.86. The first-order valence-electron chi connectivity index (χ1n) is 10.2. The van der Waals surface area contributed by atoms with Crippen LogP contribution in [0.2, 0.25) is 0 Å². The van der Waals surface area contributed by atoms with Crippen LogP contribution in [0, 0.1) is 5.92 Å². The summed E-state index contributed by atoms with van der Waals surface area (Å²) in [6, 6.07) is 7.96. The lowest BCUT2D eigenvalue weighted by atomic mass is 9.95. The predicted molar refractivity (Wildman–Crippen MR) is 103 cm³/mol. The van der Waals surface area contributed by atoms with E-state index < -0.39 is 0 Å². The van der Waals surface area contributed by atoms with Crippen molar-refractivity contribution in [2.45, 2.75) is 25.7 Å². The standard InChI is InChI=1S/C21H29N3O3/c25-20(23-8-4-1-5-9-23)15-22-10-12-24(13-11-22)21(26)18-14-17-6-2-3-7-19(17)27-16-18/h2-3,6-7,18H,1,4-5,8-16H2. The molecule has 1 aromatic rings. The highest BCUT2D eigenvalue weighted by molar-refractivity contribution is 5.80. The number of likely N-dealkylation sites (tertiary alicyclic amines) is 1. The van der Waals surface area contributed by atoms with Gasteiger partial charge in [0.1, 0.15) is 12.4 Å². The first-order valence-corrected chi connectivity index (χ1v) is 10.2. The van der Waals surface area contributed by atoms with Crippen LogP contribution in [0.25, 0.3) is 0 Å². The van der Waals surface area contributed by atoms with Crippen molar-refractivity contribution >= 4 is 11.8 Å². The minimum Gasteiger partial charge on any atom is -0.492 e. The molecule has 6 nitrogen and oxygen atoms in total. The van der Waals surface area contributed by atoms with Crippen molar-refractivity contribution < 1.29 is 14.3 Å². The molecule has 2 fully saturated rings. The Bertz CT molecular complexity index is 679. The monoisotopic (exact) mass is 371 g/mol. The molecule has 0 aromatic heterocycles. The summed E-state index contributed by atoms with van der Waals surface area (Å²) in [5.41, 5.74) is 1.12. The minimum atomic E-state index is -0.0959. The van der Waals surface area contributed by atoms with E-state index in [1.165, 1.54) is 6.42 Å². The van der Waals surface area contributed by atoms with Crippen molar-refractivity contribution in [2.24, 2.45) is 5.92 Å². The van der Waals surface area contributed by atoms with E-state index >= 15 is 0 Å². The number of amides is 2. The highest BCUT2D eigenvalue weighted by Gasteiger charge is 2.31. The quantitative estimate of drug-likeness (QED) is 0.806. The SMILES string of the molecule is O=C(CN1CCN(C(=O)C2COc3ccccc3C2)CC1)N1CCCCC1. The van der Waals surface area contributed by atoms with E-state index in [1.807, 2.05) is 34.1 Å². The Morgan fingerprint density at radius 3 is 2.44 bits per heavy atom. The minimum absolute atomic E-state index is 0.0959. The highest BCUT2D eigenvalue weighted by atomic mass is 16.5. The lowest BCUT2D eigenvalue weighted by molar-refractivity contribution is -0.139. The summed E-state index contributed by atoms with van der Waals surface area (Å²) < 4.78 is 5.78. The van der Waals surface area contributed by atoms with Gasteiger partial charge in [-0.25, -0.2) is 0 Å². The summed E-state index contributed by atoms with van der Waals surface area (Å²) in [6.07, 6.45) is 4.24. The number of hydrogen-bond acceptors (Lipinski definition) is 4. The summed E-state index contributed by atoms with van der Waals surface area (Å²) >= 11 is 0. The number of benzene rings is 1. The maximum Gasteiger partial charge on any atom is 0.236 e. The third-order valence-electron chi connectivity index (χ3n) is 5.98. The summed E-state index contributed by atoms with van der Waals surface area (Å²) in [5.74, 6) is 1.24. The smallest absolute Gasteiger partial charge is 0.236 e. The van der Waals surface area contributed by atoms with Gasteiger partial charge < -0.3 is 14.5 Å². The molecule has 6 heteroatoms. The van der Waals surface area contributed by atoms with E-state index in [1.54, 1.807) is 0 Å². The number of hydrogen-bond donors (Lipinski definition) is 0. The van der Waals surface area contributed by atoms with Crippen LogP contribution in [-0.2, 0) is 16.0 Å². The fourth-order valence-corrected chi connectivity index (χ4v) is 4.31. The van der Waals surface area contributed by atoms with Crippen LogP contribution in [-0.4, -0.2) is 78.9 Å². The molecule has 0 aliphatic carbocycles. The molecule has 27 heavy (non-hydrogen) atoms. The molecular formula is C21H29N3O3. The Hall–Kier alpha value is -2.08. The first-order chi connectivity index (χ1) is 13.2. The molecule has 0 spiro atoms. The van der Waals surface area contributed by atoms with Gasteiger partial charge in [-0.15, -0.1) is 0 Å². The maximum atomic E-state index is 12.9. The topological polar surface area (TPSA) is 53.1 Å². The van der Waals surface area contributed by atoms with E-state index in [9.17, 15) is 9.59 Å². The molecule has 3 aliphatic heterocycles. The number of piperidine rings is 1. The molecule has 2 amide bonds. The molecule has 4 rings (SSSR count). The normalized spacial score (nSPS) is 23.5. The van der Waals surface area contributed by atoms with Crippen LogP contribution in [0.15, 0.2) is 24.3 Å². The van der Waals surface area contributed by atoms with Gasteiger partial charge in [0.05, 0.1) is 12.5 Å². The fourth-order valence-electron chi connectivity index (χ4n) is 4.31. The molecule has 1 aromatic carbocycles. The van der Waals surface area contributed by atoms with Gasteiger partial charge in [-0.05, 0) is 37.3 Å². The molecule has 0 N–H and O–H groups in total. The van der Waals surface area contributed by atoms with Crippen LogP contribution < -0.4 is 4.74 Å². The molecule has 1 atom stereocenters. The molecule has 2 saturated heterocycles. The Balaban J connectivity index is 1.25. The first kappa shape index (κ1) is 18.3. The maximum absolute atomic E-state index is 12.9. The van der Waals surface area contributed by atoms with Gasteiger partial charge in [0.2, 0.25) is 11.8 Å². The van der Waals surface area contributed by atoms with Crippen molar-refractivity contribution in [1.82, 2.24) is 14.7 Å². The van der Waals surface area contributed by atoms with Gasteiger partial charge in [0.15, 0.2) is 0 Å². The predicted octanol–water partition coefficient (Wildman–Crippen LogP) is 1.39. The Morgan fingerprint density at radius 2 is 1.67 bits per heavy atom. The molecule has 0 bridgehead atoms. The Morgan fingerprint density at radius 1 is 0.926 bits per heavy atom. The number of rotatable bonds is 3. The van der Waals surface area contributed by atoms with E-state index in [0.29, 0.717) is 26.2 Å². The number of ether oxygens (including phenoxy) is 1. The molecule has 0 saturated carbocycles. The number of fused-ring (bicyclic) bond motifs is 1. The molecule has 1 unspecified atom stereocenters. The zero-order valence-electron chi connectivity index (χ0n) is 15.9. The Labute approximate surface area is 161 Å². The van der Waals surface area contributed by atoms with Gasteiger partial charge >= 0.3 is 0 Å². The summed E-state index contributed by atoms with van der Waals surface area (Å²) in [7, 11) is 0. The summed E-state index contributed by atoms with van der Waals surface area (Å²) in [4.78, 5) is 31.5. The van der Waals surface area contributed by atoms with Crippen molar-refractivity contribution in [1.29, 1.82) is 0 Å². The van der Waals surface area contributed by atoms with E-state index in [0.717, 1.165) is 56.8 Å². The van der Waals surface area contributed by atoms with Gasteiger partial charge in [-0.2, -0.15) is 0 Å². The lowest BCUT2D eigenvalue weighted by Gasteiger charge is -2.38. The van der Waals surface area contributed by atoms with E-state index in [-0.39, 0.29) is 17.7 Å². The Kier molecular flexibility index (Phi) is 5.62. The number of nitrogens with zero attached hydrogens (tertiary/aromatic N) is 3. The zero-order valence-corrected chi connectivity index (χ0v) is 15.9. The molecule has 3 heterocycles. The molecule has 146 valence electrons. The highest BCUT2D eigenvalue weighted by Crippen LogP contribution is 2.28. The largest absolute Gasteiger partial charge is 0.492 e. The third kappa shape index (κ3) is 4.26. The molecular weight excluding hydrogens is 342 g/mol. The number of carbonyl (C=O) groups is 2. The van der Waals surface area contributed by atoms with Crippen LogP contribution in [0.1, 0.15) is 24.8 Å². The van der Waals surface area contributed by atoms with Gasteiger partial charge in [0, 0.05) is 39.3 Å². The second kappa shape index (κ2) is 8.30. The van der Waals surface area contributed by atoms with Crippen molar-refractivity contribution in [3.05, 3.63) is 29.8 Å². The fraction of sp³-hybridized carbons (Fsp3) is 0.619. The van der Waals surface area contributed by atoms with Crippen LogP contribution in [0.4, 0.5) is 0 Å². The van der Waals surface area contributed by atoms with Crippen molar-refractivity contribution in [3.8, 4) is 5.75 Å².